The van der Waals surface area contributed by atoms with Crippen LogP contribution in [0, 0.1) is 5.92 Å². The molecule has 17 heavy (non-hydrogen) atoms. The number of hydrogen-bond acceptors (Lipinski definition) is 3. The molecule has 1 aliphatic rings. The fraction of sp³-hybridized carbons (Fsp3) is 0.889. The minimum atomic E-state index is -4.52. The number of carbonyl (C=O) groups excluding carboxylic acids is 1. The molecule has 1 heterocycles. The number of carbonyl (C=O) groups is 1. The summed E-state index contributed by atoms with van der Waals surface area (Å²) in [6.45, 7) is 0.670. The Kier molecular flexibility index (Phi) is 4.79. The van der Waals surface area contributed by atoms with Gasteiger partial charge in [-0.1, -0.05) is 6.92 Å². The number of rotatable bonds is 1. The van der Waals surface area contributed by atoms with Crippen LogP contribution in [-0.2, 0) is 15.5 Å². The molecule has 0 aromatic heterocycles. The fourth-order valence-corrected chi connectivity index (χ4v) is 2.86. The van der Waals surface area contributed by atoms with Crippen molar-refractivity contribution in [3.63, 3.8) is 0 Å². The zero-order valence-electron chi connectivity index (χ0n) is 9.33. The molecular formula is C9H14F3NO3S. The molecule has 1 rings (SSSR count). The van der Waals surface area contributed by atoms with Crippen LogP contribution in [0.1, 0.15) is 6.92 Å². The highest BCUT2D eigenvalue weighted by Crippen LogP contribution is 2.16. The van der Waals surface area contributed by atoms with E-state index >= 15 is 0 Å². The van der Waals surface area contributed by atoms with Gasteiger partial charge in [0.2, 0.25) is 0 Å². The van der Waals surface area contributed by atoms with E-state index < -0.39 is 29.7 Å². The summed E-state index contributed by atoms with van der Waals surface area (Å²) in [6, 6.07) is 0. The number of nitrogens with zero attached hydrogens (tertiary/aromatic N) is 1. The van der Waals surface area contributed by atoms with Crippen LogP contribution in [0.3, 0.4) is 0 Å². The lowest BCUT2D eigenvalue weighted by molar-refractivity contribution is -0.162. The number of alkyl halides is 3. The Morgan fingerprint density at radius 1 is 1.53 bits per heavy atom. The van der Waals surface area contributed by atoms with E-state index in [2.05, 4.69) is 4.74 Å². The molecule has 100 valence electrons. The van der Waals surface area contributed by atoms with E-state index in [1.54, 1.807) is 6.92 Å². The van der Waals surface area contributed by atoms with Gasteiger partial charge in [0, 0.05) is 35.4 Å². The van der Waals surface area contributed by atoms with Crippen molar-refractivity contribution in [3.8, 4) is 0 Å². The monoisotopic (exact) mass is 273 g/mol. The molecule has 0 N–H and O–H groups in total. The highest BCUT2D eigenvalue weighted by molar-refractivity contribution is 7.85. The first kappa shape index (κ1) is 14.3. The SMILES string of the molecule is C[C@H]1CN(C(=O)OCC(F)(F)F)CC[S@](=O)C1. The summed E-state index contributed by atoms with van der Waals surface area (Å²) in [5.41, 5.74) is 0. The molecule has 1 amide bonds. The van der Waals surface area contributed by atoms with E-state index in [9.17, 15) is 22.2 Å². The van der Waals surface area contributed by atoms with E-state index in [1.807, 2.05) is 0 Å². The molecule has 4 nitrogen and oxygen atoms in total. The van der Waals surface area contributed by atoms with Crippen LogP contribution in [0.25, 0.3) is 0 Å². The highest BCUT2D eigenvalue weighted by atomic mass is 32.2. The van der Waals surface area contributed by atoms with Gasteiger partial charge in [-0.25, -0.2) is 4.79 Å². The van der Waals surface area contributed by atoms with Crippen molar-refractivity contribution < 1.29 is 26.9 Å². The Bertz CT molecular complexity index is 308. The van der Waals surface area contributed by atoms with Crippen LogP contribution in [0.2, 0.25) is 0 Å². The summed E-state index contributed by atoms with van der Waals surface area (Å²) in [4.78, 5) is 12.5. The number of halogens is 3. The molecule has 0 aromatic rings. The van der Waals surface area contributed by atoms with Gasteiger partial charge in [0.15, 0.2) is 6.61 Å². The van der Waals surface area contributed by atoms with Crippen LogP contribution < -0.4 is 0 Å². The summed E-state index contributed by atoms with van der Waals surface area (Å²) >= 11 is 0. The molecule has 0 bridgehead atoms. The van der Waals surface area contributed by atoms with Crippen LogP contribution in [0.15, 0.2) is 0 Å². The second-order valence-corrected chi connectivity index (χ2v) is 5.65. The fourth-order valence-electron chi connectivity index (χ4n) is 1.53. The molecule has 1 aliphatic heterocycles. The van der Waals surface area contributed by atoms with Crippen molar-refractivity contribution in [1.29, 1.82) is 0 Å². The third-order valence-corrected chi connectivity index (χ3v) is 3.79. The molecule has 1 fully saturated rings. The van der Waals surface area contributed by atoms with E-state index in [-0.39, 0.29) is 24.8 Å². The summed E-state index contributed by atoms with van der Waals surface area (Å²) in [5.74, 6) is 0.742. The van der Waals surface area contributed by atoms with E-state index in [4.69, 9.17) is 0 Å². The Morgan fingerprint density at radius 3 is 2.76 bits per heavy atom. The van der Waals surface area contributed by atoms with E-state index in [1.165, 1.54) is 4.90 Å². The Morgan fingerprint density at radius 2 is 2.18 bits per heavy atom. The van der Waals surface area contributed by atoms with Gasteiger partial charge in [-0.3, -0.25) is 4.21 Å². The zero-order valence-corrected chi connectivity index (χ0v) is 10.1. The maximum atomic E-state index is 11.9. The molecule has 8 heteroatoms. The average molecular weight is 273 g/mol. The number of hydrogen-bond donors (Lipinski definition) is 0. The number of amides is 1. The first-order valence-electron chi connectivity index (χ1n) is 5.11. The summed E-state index contributed by atoms with van der Waals surface area (Å²) in [7, 11) is -1.02. The van der Waals surface area contributed by atoms with Gasteiger partial charge in [0.1, 0.15) is 0 Å². The van der Waals surface area contributed by atoms with Crippen LogP contribution in [0.5, 0.6) is 0 Å². The topological polar surface area (TPSA) is 46.6 Å². The largest absolute Gasteiger partial charge is 0.440 e. The van der Waals surface area contributed by atoms with Gasteiger partial charge >= 0.3 is 12.3 Å². The van der Waals surface area contributed by atoms with Gasteiger partial charge in [-0.2, -0.15) is 13.2 Å². The predicted octanol–water partition coefficient (Wildman–Crippen LogP) is 1.39. The molecule has 0 spiro atoms. The molecule has 0 aromatic carbocycles. The maximum Gasteiger partial charge on any atom is 0.422 e. The quantitative estimate of drug-likeness (QED) is 0.725. The first-order valence-corrected chi connectivity index (χ1v) is 6.60. The van der Waals surface area contributed by atoms with Gasteiger partial charge in [-0.05, 0) is 5.92 Å². The lowest BCUT2D eigenvalue weighted by Crippen LogP contribution is -2.37. The molecule has 0 unspecified atom stereocenters. The van der Waals surface area contributed by atoms with Crippen molar-refractivity contribution >= 4 is 16.9 Å². The molecular weight excluding hydrogens is 259 g/mol. The standard InChI is InChI=1S/C9H14F3NO3S/c1-7-4-13(2-3-17(15)5-7)8(14)16-6-9(10,11)12/h7H,2-6H2,1H3/t7-,17-/m0/s1. The zero-order chi connectivity index (χ0) is 13.1. The van der Waals surface area contributed by atoms with Gasteiger partial charge in [-0.15, -0.1) is 0 Å². The van der Waals surface area contributed by atoms with Crippen LogP contribution >= 0.6 is 0 Å². The van der Waals surface area contributed by atoms with Crippen molar-refractivity contribution in [2.45, 2.75) is 13.1 Å². The van der Waals surface area contributed by atoms with Gasteiger partial charge in [0.05, 0.1) is 0 Å². The van der Waals surface area contributed by atoms with Gasteiger partial charge < -0.3 is 9.64 Å². The van der Waals surface area contributed by atoms with Crippen molar-refractivity contribution in [2.24, 2.45) is 5.92 Å². The van der Waals surface area contributed by atoms with Crippen molar-refractivity contribution in [3.05, 3.63) is 0 Å². The van der Waals surface area contributed by atoms with Crippen LogP contribution in [-0.4, -0.2) is 52.6 Å². The summed E-state index contributed by atoms with van der Waals surface area (Å²) in [5, 5.41) is 0. The lowest BCUT2D eigenvalue weighted by atomic mass is 10.2. The maximum absolute atomic E-state index is 11.9. The minimum Gasteiger partial charge on any atom is -0.440 e. The third-order valence-electron chi connectivity index (χ3n) is 2.21. The normalized spacial score (nSPS) is 26.5. The van der Waals surface area contributed by atoms with E-state index in [0.29, 0.717) is 5.75 Å². The Labute approximate surface area is 99.6 Å². The molecule has 1 saturated heterocycles. The number of ether oxygens (including phenoxy) is 1. The molecule has 2 atom stereocenters. The smallest absolute Gasteiger partial charge is 0.422 e. The third kappa shape index (κ3) is 5.38. The molecule has 0 saturated carbocycles. The second kappa shape index (κ2) is 5.70. The first-order chi connectivity index (χ1) is 7.78. The average Bonchev–Trinajstić information content (AvgIpc) is 2.35. The Hall–Kier alpha value is -0.790. The van der Waals surface area contributed by atoms with Crippen LogP contribution in [0.4, 0.5) is 18.0 Å². The Balaban J connectivity index is 2.48. The minimum absolute atomic E-state index is 0.00299. The molecule has 0 radical (unpaired) electrons. The lowest BCUT2D eigenvalue weighted by Gasteiger charge is -2.21. The van der Waals surface area contributed by atoms with Crippen molar-refractivity contribution in [2.75, 3.05) is 31.2 Å². The second-order valence-electron chi connectivity index (χ2n) is 4.03. The summed E-state index contributed by atoms with van der Waals surface area (Å²) in [6.07, 6.45) is -5.51. The highest BCUT2D eigenvalue weighted by Gasteiger charge is 2.31. The predicted molar refractivity (Wildman–Crippen MR) is 56.0 cm³/mol. The van der Waals surface area contributed by atoms with Crippen molar-refractivity contribution in [1.82, 2.24) is 4.90 Å². The summed E-state index contributed by atoms with van der Waals surface area (Å²) < 4.78 is 51.1. The molecule has 0 aliphatic carbocycles. The van der Waals surface area contributed by atoms with E-state index in [0.717, 1.165) is 0 Å². The van der Waals surface area contributed by atoms with Gasteiger partial charge in [0.25, 0.3) is 0 Å².